The number of nitrogens with zero attached hydrogens (tertiary/aromatic N) is 2. The van der Waals surface area contributed by atoms with Crippen LogP contribution in [-0.4, -0.2) is 22.6 Å². The van der Waals surface area contributed by atoms with E-state index in [0.29, 0.717) is 6.04 Å². The second-order valence-corrected chi connectivity index (χ2v) is 6.38. The van der Waals surface area contributed by atoms with Crippen LogP contribution in [0.3, 0.4) is 0 Å². The van der Waals surface area contributed by atoms with Crippen molar-refractivity contribution in [2.75, 3.05) is 17.2 Å². The molecule has 1 aromatic heterocycles. The maximum Gasteiger partial charge on any atom is 0.134 e. The Kier molecular flexibility index (Phi) is 5.21. The molecule has 0 saturated heterocycles. The summed E-state index contributed by atoms with van der Waals surface area (Å²) in [5.74, 6) is 3.55. The van der Waals surface area contributed by atoms with Crippen molar-refractivity contribution in [1.29, 1.82) is 0 Å². The van der Waals surface area contributed by atoms with Crippen LogP contribution in [0.5, 0.6) is 0 Å². The molecule has 0 radical (unpaired) electrons. The van der Waals surface area contributed by atoms with Crippen LogP contribution in [0.4, 0.5) is 11.6 Å². The Morgan fingerprint density at radius 2 is 1.75 bits per heavy atom. The molecular weight excluding hydrogens is 248 g/mol. The molecule has 0 amide bonds. The smallest absolute Gasteiger partial charge is 0.134 e. The van der Waals surface area contributed by atoms with Gasteiger partial charge in [0.25, 0.3) is 0 Å². The van der Waals surface area contributed by atoms with E-state index in [-0.39, 0.29) is 0 Å². The molecule has 2 N–H and O–H groups in total. The van der Waals surface area contributed by atoms with Gasteiger partial charge < -0.3 is 10.6 Å². The predicted octanol–water partition coefficient (Wildman–Crippen LogP) is 3.84. The van der Waals surface area contributed by atoms with Crippen LogP contribution >= 0.6 is 0 Å². The van der Waals surface area contributed by atoms with E-state index in [4.69, 9.17) is 0 Å². The first-order chi connectivity index (χ1) is 9.60. The number of rotatable bonds is 5. The van der Waals surface area contributed by atoms with Gasteiger partial charge in [-0.25, -0.2) is 9.97 Å². The van der Waals surface area contributed by atoms with Crippen LogP contribution in [0.2, 0.25) is 0 Å². The van der Waals surface area contributed by atoms with Gasteiger partial charge in [-0.15, -0.1) is 0 Å². The largest absolute Gasteiger partial charge is 0.370 e. The molecule has 1 aliphatic carbocycles. The summed E-state index contributed by atoms with van der Waals surface area (Å²) >= 11 is 0. The van der Waals surface area contributed by atoms with Gasteiger partial charge in [0.2, 0.25) is 0 Å². The third-order valence-electron chi connectivity index (χ3n) is 4.15. The van der Waals surface area contributed by atoms with E-state index in [1.54, 1.807) is 6.33 Å². The van der Waals surface area contributed by atoms with Gasteiger partial charge in [0.15, 0.2) is 0 Å². The predicted molar refractivity (Wildman–Crippen MR) is 85.1 cm³/mol. The van der Waals surface area contributed by atoms with Gasteiger partial charge in [-0.2, -0.15) is 0 Å². The third kappa shape index (κ3) is 3.84. The van der Waals surface area contributed by atoms with E-state index in [1.165, 1.54) is 19.3 Å². The Morgan fingerprint density at radius 3 is 2.40 bits per heavy atom. The summed E-state index contributed by atoms with van der Waals surface area (Å²) in [5.41, 5.74) is 1.13. The molecule has 2 atom stereocenters. The lowest BCUT2D eigenvalue weighted by molar-refractivity contribution is 0.280. The first-order valence-electron chi connectivity index (χ1n) is 7.92. The maximum absolute atomic E-state index is 4.43. The van der Waals surface area contributed by atoms with Crippen molar-refractivity contribution >= 4 is 11.6 Å². The molecule has 0 aromatic carbocycles. The maximum atomic E-state index is 4.43. The monoisotopic (exact) mass is 276 g/mol. The summed E-state index contributed by atoms with van der Waals surface area (Å²) in [6.07, 6.45) is 6.59. The molecule has 1 saturated carbocycles. The molecule has 0 aliphatic heterocycles. The van der Waals surface area contributed by atoms with E-state index in [1.807, 2.05) is 0 Å². The minimum Gasteiger partial charge on any atom is -0.370 e. The third-order valence-corrected chi connectivity index (χ3v) is 4.15. The summed E-state index contributed by atoms with van der Waals surface area (Å²) < 4.78 is 0. The van der Waals surface area contributed by atoms with Crippen LogP contribution in [0.1, 0.15) is 52.0 Å². The first-order valence-corrected chi connectivity index (χ1v) is 7.92. The van der Waals surface area contributed by atoms with Gasteiger partial charge in [0, 0.05) is 18.2 Å². The summed E-state index contributed by atoms with van der Waals surface area (Å²) in [4.78, 5) is 8.77. The number of hydrogen-bond donors (Lipinski definition) is 2. The molecule has 0 bridgehead atoms. The summed E-state index contributed by atoms with van der Waals surface area (Å²) in [6, 6.07) is 0.543. The lowest BCUT2D eigenvalue weighted by Gasteiger charge is -2.32. The van der Waals surface area contributed by atoms with E-state index >= 15 is 0 Å². The van der Waals surface area contributed by atoms with E-state index < -0.39 is 0 Å². The molecular formula is C16H28N4. The second kappa shape index (κ2) is 6.91. The first kappa shape index (κ1) is 15.1. The Labute approximate surface area is 122 Å². The van der Waals surface area contributed by atoms with Crippen molar-refractivity contribution < 1.29 is 0 Å². The fourth-order valence-electron chi connectivity index (χ4n) is 3.28. The molecule has 1 fully saturated rings. The van der Waals surface area contributed by atoms with Crippen LogP contribution < -0.4 is 10.6 Å². The van der Waals surface area contributed by atoms with Gasteiger partial charge in [-0.05, 0) is 44.4 Å². The van der Waals surface area contributed by atoms with Crippen molar-refractivity contribution in [1.82, 2.24) is 9.97 Å². The minimum atomic E-state index is 0.543. The summed E-state index contributed by atoms with van der Waals surface area (Å²) in [6.45, 7) is 9.91. The second-order valence-electron chi connectivity index (χ2n) is 6.38. The van der Waals surface area contributed by atoms with Crippen molar-refractivity contribution in [2.24, 2.45) is 11.8 Å². The van der Waals surface area contributed by atoms with Gasteiger partial charge in [-0.3, -0.25) is 0 Å². The molecule has 0 spiro atoms. The number of nitrogens with one attached hydrogen (secondary N) is 2. The van der Waals surface area contributed by atoms with E-state index in [0.717, 1.165) is 42.0 Å². The zero-order chi connectivity index (χ0) is 14.5. The highest BCUT2D eigenvalue weighted by Crippen LogP contribution is 2.31. The van der Waals surface area contributed by atoms with Crippen molar-refractivity contribution in [3.05, 3.63) is 11.9 Å². The topological polar surface area (TPSA) is 49.8 Å². The van der Waals surface area contributed by atoms with Crippen LogP contribution in [-0.2, 0) is 0 Å². The number of anilines is 2. The number of hydrogen-bond acceptors (Lipinski definition) is 4. The van der Waals surface area contributed by atoms with Crippen LogP contribution in [0, 0.1) is 18.8 Å². The molecule has 2 unspecified atom stereocenters. The Hall–Kier alpha value is -1.32. The van der Waals surface area contributed by atoms with Crippen molar-refractivity contribution in [3.63, 3.8) is 0 Å². The van der Waals surface area contributed by atoms with Gasteiger partial charge >= 0.3 is 0 Å². The fourth-order valence-corrected chi connectivity index (χ4v) is 3.28. The van der Waals surface area contributed by atoms with Gasteiger partial charge in [0.1, 0.15) is 18.0 Å². The molecule has 1 aromatic rings. The average Bonchev–Trinajstić information content (AvgIpc) is 2.38. The van der Waals surface area contributed by atoms with Gasteiger partial charge in [-0.1, -0.05) is 20.8 Å². The summed E-state index contributed by atoms with van der Waals surface area (Å²) in [7, 11) is 0. The lowest BCUT2D eigenvalue weighted by Crippen LogP contribution is -2.31. The lowest BCUT2D eigenvalue weighted by atomic mass is 9.80. The molecule has 1 heterocycles. The SMILES string of the molecule is CCCNc1ncnc(NC2CC(C)CC(C)C2)c1C. The normalized spacial score (nSPS) is 26.3. The Morgan fingerprint density at radius 1 is 1.10 bits per heavy atom. The fraction of sp³-hybridized carbons (Fsp3) is 0.750. The van der Waals surface area contributed by atoms with E-state index in [9.17, 15) is 0 Å². The van der Waals surface area contributed by atoms with Gasteiger partial charge in [0.05, 0.1) is 0 Å². The quantitative estimate of drug-likeness (QED) is 0.858. The van der Waals surface area contributed by atoms with Crippen molar-refractivity contribution in [2.45, 2.75) is 59.4 Å². The minimum absolute atomic E-state index is 0.543. The molecule has 112 valence electrons. The average molecular weight is 276 g/mol. The zero-order valence-corrected chi connectivity index (χ0v) is 13.2. The molecule has 20 heavy (non-hydrogen) atoms. The standard InChI is InChI=1S/C16H28N4/c1-5-6-17-15-13(4)16(19-10-18-15)20-14-8-11(2)7-12(3)9-14/h10-12,14H,5-9H2,1-4H3,(H2,17,18,19,20). The highest BCUT2D eigenvalue weighted by Gasteiger charge is 2.24. The molecule has 4 heteroatoms. The van der Waals surface area contributed by atoms with E-state index in [2.05, 4.69) is 48.3 Å². The summed E-state index contributed by atoms with van der Waals surface area (Å²) in [5, 5.41) is 7.00. The highest BCUT2D eigenvalue weighted by atomic mass is 15.1. The van der Waals surface area contributed by atoms with Crippen LogP contribution in [0.15, 0.2) is 6.33 Å². The molecule has 1 aliphatic rings. The molecule has 2 rings (SSSR count). The Balaban J connectivity index is 2.05. The number of aromatic nitrogens is 2. The Bertz CT molecular complexity index is 422. The van der Waals surface area contributed by atoms with Crippen LogP contribution in [0.25, 0.3) is 0 Å². The van der Waals surface area contributed by atoms with Crippen molar-refractivity contribution in [3.8, 4) is 0 Å². The molecule has 4 nitrogen and oxygen atoms in total. The highest BCUT2D eigenvalue weighted by molar-refractivity contribution is 5.56. The zero-order valence-electron chi connectivity index (χ0n) is 13.2.